The smallest absolute Gasteiger partial charge is 0.0561 e. The van der Waals surface area contributed by atoms with Gasteiger partial charge in [0, 0.05) is 35.2 Å². The average molecular weight is 314 g/mol. The number of hydrogen-bond donors (Lipinski definition) is 0. The van der Waals surface area contributed by atoms with Crippen LogP contribution in [0.3, 0.4) is 0 Å². The van der Waals surface area contributed by atoms with Gasteiger partial charge in [-0.1, -0.05) is 42.5 Å². The highest BCUT2D eigenvalue weighted by Crippen LogP contribution is 2.37. The second kappa shape index (κ2) is 5.72. The van der Waals surface area contributed by atoms with Crippen molar-refractivity contribution in [1.82, 2.24) is 4.57 Å². The van der Waals surface area contributed by atoms with Gasteiger partial charge in [0.1, 0.15) is 0 Å². The Balaban J connectivity index is 2.15. The lowest BCUT2D eigenvalue weighted by atomic mass is 10.1. The van der Waals surface area contributed by atoms with E-state index in [-0.39, 0.29) is 0 Å². The molecule has 0 unspecified atom stereocenters. The molecule has 0 amide bonds. The fourth-order valence-electron chi connectivity index (χ4n) is 3.43. The van der Waals surface area contributed by atoms with Crippen LogP contribution in [0.25, 0.3) is 27.5 Å². The van der Waals surface area contributed by atoms with E-state index in [9.17, 15) is 0 Å². The summed E-state index contributed by atoms with van der Waals surface area (Å²) in [7, 11) is 2.17. The third kappa shape index (κ3) is 2.18. The maximum atomic E-state index is 2.36. The van der Waals surface area contributed by atoms with Crippen LogP contribution in [-0.4, -0.2) is 17.7 Å². The molecule has 0 N–H and O–H groups in total. The number of fused-ring (bicyclic) bond motifs is 3. The molecule has 4 aromatic rings. The minimum absolute atomic E-state index is 0.453. The Morgan fingerprint density at radius 3 is 2.17 bits per heavy atom. The van der Waals surface area contributed by atoms with Crippen molar-refractivity contribution in [3.63, 3.8) is 0 Å². The van der Waals surface area contributed by atoms with Crippen LogP contribution in [0.1, 0.15) is 13.8 Å². The van der Waals surface area contributed by atoms with Crippen molar-refractivity contribution in [1.29, 1.82) is 0 Å². The van der Waals surface area contributed by atoms with Gasteiger partial charge in [0.05, 0.1) is 11.0 Å². The van der Waals surface area contributed by atoms with Crippen LogP contribution < -0.4 is 4.90 Å². The Kier molecular flexibility index (Phi) is 3.53. The fraction of sp³-hybridized carbons (Fsp3) is 0.182. The molecule has 2 heteroatoms. The van der Waals surface area contributed by atoms with Crippen LogP contribution >= 0.6 is 0 Å². The molecule has 0 aliphatic carbocycles. The highest BCUT2D eigenvalue weighted by Gasteiger charge is 2.17. The number of para-hydroxylation sites is 2. The maximum Gasteiger partial charge on any atom is 0.0561 e. The average Bonchev–Trinajstić information content (AvgIpc) is 2.96. The van der Waals surface area contributed by atoms with E-state index in [0.29, 0.717) is 6.04 Å². The summed E-state index contributed by atoms with van der Waals surface area (Å²) in [6.45, 7) is 4.46. The monoisotopic (exact) mass is 314 g/mol. The highest BCUT2D eigenvalue weighted by atomic mass is 15.1. The molecular formula is C22H22N2. The summed E-state index contributed by atoms with van der Waals surface area (Å²) in [5, 5.41) is 2.63. The van der Waals surface area contributed by atoms with Crippen molar-refractivity contribution in [3.8, 4) is 5.69 Å². The predicted octanol–water partition coefficient (Wildman–Crippen LogP) is 5.63. The molecule has 0 spiro atoms. The first-order valence-electron chi connectivity index (χ1n) is 8.49. The van der Waals surface area contributed by atoms with Gasteiger partial charge >= 0.3 is 0 Å². The molecular weight excluding hydrogens is 292 g/mol. The van der Waals surface area contributed by atoms with Crippen LogP contribution in [0.2, 0.25) is 0 Å². The van der Waals surface area contributed by atoms with Gasteiger partial charge < -0.3 is 9.47 Å². The van der Waals surface area contributed by atoms with Crippen molar-refractivity contribution >= 4 is 27.5 Å². The van der Waals surface area contributed by atoms with E-state index < -0.39 is 0 Å². The summed E-state index contributed by atoms with van der Waals surface area (Å²) in [5.74, 6) is 0. The first kappa shape index (κ1) is 14.8. The lowest BCUT2D eigenvalue weighted by molar-refractivity contribution is 0.757. The van der Waals surface area contributed by atoms with Crippen LogP contribution in [0.5, 0.6) is 0 Å². The van der Waals surface area contributed by atoms with Crippen molar-refractivity contribution in [2.45, 2.75) is 19.9 Å². The van der Waals surface area contributed by atoms with E-state index in [1.807, 2.05) is 0 Å². The summed E-state index contributed by atoms with van der Waals surface area (Å²) in [4.78, 5) is 2.35. The minimum Gasteiger partial charge on any atom is -0.372 e. The van der Waals surface area contributed by atoms with Gasteiger partial charge in [-0.15, -0.1) is 0 Å². The van der Waals surface area contributed by atoms with Crippen molar-refractivity contribution in [2.24, 2.45) is 0 Å². The highest BCUT2D eigenvalue weighted by molar-refractivity contribution is 6.15. The van der Waals surface area contributed by atoms with Gasteiger partial charge in [-0.25, -0.2) is 0 Å². The summed E-state index contributed by atoms with van der Waals surface area (Å²) < 4.78 is 2.36. The Morgan fingerprint density at radius 1 is 0.750 bits per heavy atom. The Labute approximate surface area is 142 Å². The molecule has 2 nitrogen and oxygen atoms in total. The first-order chi connectivity index (χ1) is 11.7. The van der Waals surface area contributed by atoms with Crippen molar-refractivity contribution < 1.29 is 0 Å². The van der Waals surface area contributed by atoms with E-state index in [0.717, 1.165) is 0 Å². The van der Waals surface area contributed by atoms with Gasteiger partial charge in [0.15, 0.2) is 0 Å². The molecule has 3 aromatic carbocycles. The number of anilines is 1. The Hall–Kier alpha value is -2.74. The summed E-state index contributed by atoms with van der Waals surface area (Å²) in [6.07, 6.45) is 0. The molecule has 0 saturated heterocycles. The molecule has 0 bridgehead atoms. The molecule has 0 aliphatic rings. The lowest BCUT2D eigenvalue weighted by Crippen LogP contribution is -2.25. The second-order valence-electron chi connectivity index (χ2n) is 6.56. The van der Waals surface area contributed by atoms with E-state index in [1.165, 1.54) is 33.2 Å². The molecule has 24 heavy (non-hydrogen) atoms. The lowest BCUT2D eigenvalue weighted by Gasteiger charge is -2.25. The normalized spacial score (nSPS) is 11.5. The van der Waals surface area contributed by atoms with Gasteiger partial charge in [-0.05, 0) is 44.2 Å². The van der Waals surface area contributed by atoms with Gasteiger partial charge in [0.25, 0.3) is 0 Å². The zero-order valence-corrected chi connectivity index (χ0v) is 14.4. The topological polar surface area (TPSA) is 8.17 Å². The van der Waals surface area contributed by atoms with Gasteiger partial charge in [-0.2, -0.15) is 0 Å². The molecule has 120 valence electrons. The zero-order valence-electron chi connectivity index (χ0n) is 14.4. The number of benzene rings is 3. The number of aromatic nitrogens is 1. The Bertz CT molecular complexity index is 997. The maximum absolute atomic E-state index is 2.36. The Morgan fingerprint density at radius 2 is 1.42 bits per heavy atom. The largest absolute Gasteiger partial charge is 0.372 e. The first-order valence-corrected chi connectivity index (χ1v) is 8.49. The molecule has 0 aliphatic heterocycles. The van der Waals surface area contributed by atoms with Crippen LogP contribution in [0.4, 0.5) is 5.69 Å². The summed E-state index contributed by atoms with van der Waals surface area (Å²) in [6, 6.07) is 26.4. The SMILES string of the molecule is CC(C)N(C)c1cccc2c1c1ccccc1n2-c1ccccc1. The molecule has 0 atom stereocenters. The molecule has 0 saturated carbocycles. The number of hydrogen-bond acceptors (Lipinski definition) is 1. The zero-order chi connectivity index (χ0) is 16.7. The van der Waals surface area contributed by atoms with Gasteiger partial charge in [-0.3, -0.25) is 0 Å². The van der Waals surface area contributed by atoms with Gasteiger partial charge in [0.2, 0.25) is 0 Å². The number of nitrogens with zero attached hydrogens (tertiary/aromatic N) is 2. The standard InChI is InChI=1S/C22H22N2/c1-16(2)23(3)20-14-9-15-21-22(20)18-12-7-8-13-19(18)24(21)17-10-5-4-6-11-17/h4-16H,1-3H3. The molecule has 4 rings (SSSR count). The van der Waals surface area contributed by atoms with E-state index in [4.69, 9.17) is 0 Å². The van der Waals surface area contributed by atoms with E-state index >= 15 is 0 Å². The summed E-state index contributed by atoms with van der Waals surface area (Å²) >= 11 is 0. The van der Waals surface area contributed by atoms with Crippen LogP contribution in [0.15, 0.2) is 72.8 Å². The summed E-state index contributed by atoms with van der Waals surface area (Å²) in [5.41, 5.74) is 5.00. The van der Waals surface area contributed by atoms with E-state index in [1.54, 1.807) is 0 Å². The fourth-order valence-corrected chi connectivity index (χ4v) is 3.43. The molecule has 1 heterocycles. The van der Waals surface area contributed by atoms with Crippen molar-refractivity contribution in [3.05, 3.63) is 72.8 Å². The quantitative estimate of drug-likeness (QED) is 0.476. The third-order valence-corrected chi connectivity index (χ3v) is 4.84. The minimum atomic E-state index is 0.453. The molecule has 1 aromatic heterocycles. The second-order valence-corrected chi connectivity index (χ2v) is 6.56. The number of rotatable bonds is 3. The molecule has 0 radical (unpaired) electrons. The van der Waals surface area contributed by atoms with Crippen LogP contribution in [0, 0.1) is 0 Å². The predicted molar refractivity (Wildman–Crippen MR) is 104 cm³/mol. The van der Waals surface area contributed by atoms with Crippen molar-refractivity contribution in [2.75, 3.05) is 11.9 Å². The van der Waals surface area contributed by atoms with E-state index in [2.05, 4.69) is 103 Å². The van der Waals surface area contributed by atoms with Crippen LogP contribution in [-0.2, 0) is 0 Å². The molecule has 0 fully saturated rings. The third-order valence-electron chi connectivity index (χ3n) is 4.84.